The minimum absolute atomic E-state index is 0.375. The molecule has 1 nitrogen and oxygen atoms in total. The molecule has 1 aliphatic carbocycles. The van der Waals surface area contributed by atoms with Gasteiger partial charge >= 0.3 is 0 Å². The number of rotatable bonds is 0. The highest BCUT2D eigenvalue weighted by Crippen LogP contribution is 2.44. The van der Waals surface area contributed by atoms with Crippen LogP contribution in [-0.4, -0.2) is 16.8 Å². The molecule has 0 aromatic carbocycles. The predicted octanol–water partition coefficient (Wildman–Crippen LogP) is 2.07. The molecule has 1 spiro atoms. The van der Waals surface area contributed by atoms with Gasteiger partial charge in [-0.2, -0.15) is 0 Å². The Hall–Kier alpha value is 0.0200. The summed E-state index contributed by atoms with van der Waals surface area (Å²) in [6, 6.07) is 0. The topological polar surface area (TPSA) is 12.4 Å². The average Bonchev–Trinajstić information content (AvgIpc) is 2.45. The van der Waals surface area contributed by atoms with E-state index >= 15 is 0 Å². The highest BCUT2D eigenvalue weighted by Gasteiger charge is 2.35. The van der Waals surface area contributed by atoms with Crippen molar-refractivity contribution in [1.82, 2.24) is 0 Å². The van der Waals surface area contributed by atoms with Gasteiger partial charge in [0.25, 0.3) is 0 Å². The molecule has 1 saturated carbocycles. The first-order valence-electron chi connectivity index (χ1n) is 3.59. The third-order valence-corrected chi connectivity index (χ3v) is 3.50. The Balaban J connectivity index is 2.13. The molecule has 0 aromatic rings. The average molecular weight is 141 g/mol. The standard InChI is InChI=1S/C7H11NS/c1-2-4-7(3-1)8-5-6-9-7/h5H,1-4,6H2. The molecule has 0 aromatic heterocycles. The van der Waals surface area contributed by atoms with E-state index in [1.165, 1.54) is 25.7 Å². The third kappa shape index (κ3) is 0.895. The molecule has 2 rings (SSSR count). The Labute approximate surface area is 59.9 Å². The number of nitrogens with zero attached hydrogens (tertiary/aromatic N) is 1. The summed E-state index contributed by atoms with van der Waals surface area (Å²) in [5.74, 6) is 1.15. The molecular formula is C7H11NS. The second kappa shape index (κ2) is 2.01. The Kier molecular flexibility index (Phi) is 1.29. The zero-order chi connectivity index (χ0) is 6.16. The Morgan fingerprint density at radius 1 is 1.33 bits per heavy atom. The van der Waals surface area contributed by atoms with Crippen molar-refractivity contribution in [3.8, 4) is 0 Å². The van der Waals surface area contributed by atoms with Crippen LogP contribution >= 0.6 is 11.8 Å². The first-order chi connectivity index (χ1) is 4.41. The van der Waals surface area contributed by atoms with Crippen LogP contribution in [0.1, 0.15) is 25.7 Å². The van der Waals surface area contributed by atoms with Crippen LogP contribution in [0.5, 0.6) is 0 Å². The smallest absolute Gasteiger partial charge is 0.106 e. The largest absolute Gasteiger partial charge is 0.279 e. The van der Waals surface area contributed by atoms with Gasteiger partial charge in [0.2, 0.25) is 0 Å². The molecule has 50 valence electrons. The van der Waals surface area contributed by atoms with E-state index in [9.17, 15) is 0 Å². The molecular weight excluding hydrogens is 130 g/mol. The van der Waals surface area contributed by atoms with Crippen LogP contribution in [0.2, 0.25) is 0 Å². The van der Waals surface area contributed by atoms with E-state index in [0.717, 1.165) is 5.75 Å². The van der Waals surface area contributed by atoms with Crippen molar-refractivity contribution >= 4 is 18.0 Å². The molecule has 2 heteroatoms. The summed E-state index contributed by atoms with van der Waals surface area (Å²) < 4.78 is 0. The maximum atomic E-state index is 4.50. The van der Waals surface area contributed by atoms with Gasteiger partial charge in [-0.3, -0.25) is 4.99 Å². The van der Waals surface area contributed by atoms with Crippen LogP contribution in [0.25, 0.3) is 0 Å². The minimum atomic E-state index is 0.375. The lowest BCUT2D eigenvalue weighted by atomic mass is 10.2. The van der Waals surface area contributed by atoms with Gasteiger partial charge in [0.05, 0.1) is 0 Å². The SMILES string of the molecule is C1=NC2(CCCC2)SC1. The second-order valence-electron chi connectivity index (χ2n) is 2.78. The molecule has 0 radical (unpaired) electrons. The molecule has 2 aliphatic rings. The molecule has 1 heterocycles. The van der Waals surface area contributed by atoms with Gasteiger partial charge in [-0.25, -0.2) is 0 Å². The highest BCUT2D eigenvalue weighted by molar-refractivity contribution is 8.01. The lowest BCUT2D eigenvalue weighted by Crippen LogP contribution is -2.11. The third-order valence-electron chi connectivity index (χ3n) is 2.14. The fourth-order valence-electron chi connectivity index (χ4n) is 1.63. The van der Waals surface area contributed by atoms with Crippen molar-refractivity contribution in [1.29, 1.82) is 0 Å². The molecule has 0 N–H and O–H groups in total. The lowest BCUT2D eigenvalue weighted by molar-refractivity contribution is 0.652. The van der Waals surface area contributed by atoms with Gasteiger partial charge in [-0.1, -0.05) is 12.8 Å². The van der Waals surface area contributed by atoms with Gasteiger partial charge in [0.1, 0.15) is 4.87 Å². The van der Waals surface area contributed by atoms with E-state index in [1.54, 1.807) is 0 Å². The summed E-state index contributed by atoms with van der Waals surface area (Å²) in [6.07, 6.45) is 7.52. The molecule has 0 atom stereocenters. The highest BCUT2D eigenvalue weighted by atomic mass is 32.2. The maximum Gasteiger partial charge on any atom is 0.106 e. The van der Waals surface area contributed by atoms with Crippen molar-refractivity contribution < 1.29 is 0 Å². The fraction of sp³-hybridized carbons (Fsp3) is 0.857. The van der Waals surface area contributed by atoms with Crippen molar-refractivity contribution in [2.75, 3.05) is 5.75 Å². The zero-order valence-corrected chi connectivity index (χ0v) is 6.28. The van der Waals surface area contributed by atoms with E-state index in [0.29, 0.717) is 4.87 Å². The number of hydrogen-bond acceptors (Lipinski definition) is 2. The Bertz CT molecular complexity index is 136. The normalized spacial score (nSPS) is 30.2. The van der Waals surface area contributed by atoms with Gasteiger partial charge in [-0.05, 0) is 12.8 Å². The van der Waals surface area contributed by atoms with E-state index in [4.69, 9.17) is 0 Å². The molecule has 9 heavy (non-hydrogen) atoms. The number of hydrogen-bond donors (Lipinski definition) is 0. The monoisotopic (exact) mass is 141 g/mol. The van der Waals surface area contributed by atoms with Crippen LogP contribution < -0.4 is 0 Å². The number of aliphatic imine (C=N–C) groups is 1. The molecule has 1 aliphatic heterocycles. The Morgan fingerprint density at radius 2 is 2.11 bits per heavy atom. The second-order valence-corrected chi connectivity index (χ2v) is 4.16. The Morgan fingerprint density at radius 3 is 2.67 bits per heavy atom. The zero-order valence-electron chi connectivity index (χ0n) is 5.47. The van der Waals surface area contributed by atoms with Crippen molar-refractivity contribution in [2.45, 2.75) is 30.6 Å². The van der Waals surface area contributed by atoms with Crippen molar-refractivity contribution in [3.63, 3.8) is 0 Å². The van der Waals surface area contributed by atoms with Crippen LogP contribution in [0, 0.1) is 0 Å². The molecule has 0 unspecified atom stereocenters. The fourth-order valence-corrected chi connectivity index (χ4v) is 2.82. The van der Waals surface area contributed by atoms with Crippen LogP contribution in [0.3, 0.4) is 0 Å². The van der Waals surface area contributed by atoms with Crippen LogP contribution in [-0.2, 0) is 0 Å². The van der Waals surface area contributed by atoms with E-state index in [-0.39, 0.29) is 0 Å². The van der Waals surface area contributed by atoms with Gasteiger partial charge in [0.15, 0.2) is 0 Å². The summed E-state index contributed by atoms with van der Waals surface area (Å²) in [4.78, 5) is 4.88. The molecule has 0 saturated heterocycles. The van der Waals surface area contributed by atoms with E-state index < -0.39 is 0 Å². The van der Waals surface area contributed by atoms with Gasteiger partial charge in [0, 0.05) is 12.0 Å². The van der Waals surface area contributed by atoms with Crippen LogP contribution in [0.4, 0.5) is 0 Å². The summed E-state index contributed by atoms with van der Waals surface area (Å²) in [5.41, 5.74) is 0. The lowest BCUT2D eigenvalue weighted by Gasteiger charge is -2.16. The first-order valence-corrected chi connectivity index (χ1v) is 4.58. The van der Waals surface area contributed by atoms with Crippen molar-refractivity contribution in [3.05, 3.63) is 0 Å². The van der Waals surface area contributed by atoms with E-state index in [2.05, 4.69) is 11.2 Å². The summed E-state index contributed by atoms with van der Waals surface area (Å²) >= 11 is 2.03. The molecule has 0 bridgehead atoms. The van der Waals surface area contributed by atoms with E-state index in [1.807, 2.05) is 11.8 Å². The van der Waals surface area contributed by atoms with Crippen LogP contribution in [0.15, 0.2) is 4.99 Å². The molecule has 0 amide bonds. The number of thioether (sulfide) groups is 1. The summed E-state index contributed by atoms with van der Waals surface area (Å²) in [6.45, 7) is 0. The summed E-state index contributed by atoms with van der Waals surface area (Å²) in [5, 5.41) is 0. The van der Waals surface area contributed by atoms with Crippen molar-refractivity contribution in [2.24, 2.45) is 4.99 Å². The maximum absolute atomic E-state index is 4.50. The van der Waals surface area contributed by atoms with Gasteiger partial charge < -0.3 is 0 Å². The minimum Gasteiger partial charge on any atom is -0.279 e. The van der Waals surface area contributed by atoms with Gasteiger partial charge in [-0.15, -0.1) is 11.8 Å². The first kappa shape index (κ1) is 5.78. The summed E-state index contributed by atoms with van der Waals surface area (Å²) in [7, 11) is 0. The molecule has 1 fully saturated rings. The predicted molar refractivity (Wildman–Crippen MR) is 42.1 cm³/mol. The quantitative estimate of drug-likeness (QED) is 0.503.